The molecule has 4 rings (SSSR count). The molecule has 2 aromatic rings. The molecular weight excluding hydrogens is 500 g/mol. The monoisotopic (exact) mass is 528 g/mol. The van der Waals surface area contributed by atoms with Gasteiger partial charge in [-0.25, -0.2) is 0 Å². The minimum atomic E-state index is -4.37. The van der Waals surface area contributed by atoms with Crippen LogP contribution in [0.2, 0.25) is 0 Å². The Bertz CT molecular complexity index is 1250. The van der Waals surface area contributed by atoms with Gasteiger partial charge in [-0.1, -0.05) is 35.4 Å². The minimum absolute atomic E-state index is 0.110. The van der Waals surface area contributed by atoms with E-state index in [-0.39, 0.29) is 9.79 Å². The van der Waals surface area contributed by atoms with E-state index in [1.807, 2.05) is 0 Å². The molecular formula is C23H28O10S2. The van der Waals surface area contributed by atoms with E-state index in [9.17, 15) is 21.9 Å². The van der Waals surface area contributed by atoms with Gasteiger partial charge in [0.25, 0.3) is 20.2 Å². The van der Waals surface area contributed by atoms with Crippen LogP contribution >= 0.6 is 0 Å². The maximum absolute atomic E-state index is 13.0. The highest BCUT2D eigenvalue weighted by Gasteiger charge is 2.57. The standard InChI is InChI=1S/C23H28O10S2/c1-14-5-9-16(10-6-14)34(25,26)29-13-18(33-35(27,28)17-11-7-15(2)8-12-17)20-19(24)21-22(30-20)32-23(3,4)31-21/h5-12,18-22,24H,13H2,1-4H3/t18-,19+,20-,21-,22-/m1/s1. The van der Waals surface area contributed by atoms with Crippen LogP contribution in [0.1, 0.15) is 25.0 Å². The van der Waals surface area contributed by atoms with Gasteiger partial charge >= 0.3 is 0 Å². The van der Waals surface area contributed by atoms with E-state index in [0.29, 0.717) is 0 Å². The Balaban J connectivity index is 1.58. The Morgan fingerprint density at radius 1 is 0.886 bits per heavy atom. The molecule has 0 amide bonds. The second-order valence-electron chi connectivity index (χ2n) is 9.01. The summed E-state index contributed by atoms with van der Waals surface area (Å²) in [6, 6.07) is 11.9. The minimum Gasteiger partial charge on any atom is -0.387 e. The number of benzene rings is 2. The van der Waals surface area contributed by atoms with Crippen LogP contribution in [0.15, 0.2) is 58.3 Å². The number of aliphatic hydroxyl groups excluding tert-OH is 1. The van der Waals surface area contributed by atoms with Gasteiger partial charge in [-0.3, -0.25) is 8.37 Å². The van der Waals surface area contributed by atoms with Crippen molar-refractivity contribution in [3.8, 4) is 0 Å². The van der Waals surface area contributed by atoms with Crippen molar-refractivity contribution in [2.75, 3.05) is 6.61 Å². The van der Waals surface area contributed by atoms with Crippen molar-refractivity contribution in [1.82, 2.24) is 0 Å². The molecule has 10 nitrogen and oxygen atoms in total. The summed E-state index contributed by atoms with van der Waals surface area (Å²) in [5.74, 6) is -1.02. The zero-order valence-electron chi connectivity index (χ0n) is 19.7. The summed E-state index contributed by atoms with van der Waals surface area (Å²) in [5, 5.41) is 10.8. The fraction of sp³-hybridized carbons (Fsp3) is 0.478. The summed E-state index contributed by atoms with van der Waals surface area (Å²) in [4.78, 5) is -0.253. The first-order valence-corrected chi connectivity index (χ1v) is 13.7. The van der Waals surface area contributed by atoms with Crippen molar-refractivity contribution in [3.63, 3.8) is 0 Å². The van der Waals surface area contributed by atoms with Crippen LogP contribution < -0.4 is 0 Å². The topological polar surface area (TPSA) is 135 Å². The van der Waals surface area contributed by atoms with Crippen LogP contribution in [0.3, 0.4) is 0 Å². The van der Waals surface area contributed by atoms with Gasteiger partial charge in [0.05, 0.1) is 16.4 Å². The summed E-state index contributed by atoms with van der Waals surface area (Å²) in [6.45, 7) is 6.14. The number of hydrogen-bond acceptors (Lipinski definition) is 10. The van der Waals surface area contributed by atoms with E-state index in [0.717, 1.165) is 11.1 Å². The van der Waals surface area contributed by atoms with E-state index in [4.69, 9.17) is 22.6 Å². The molecule has 0 aliphatic carbocycles. The van der Waals surface area contributed by atoms with Crippen LogP contribution in [0.4, 0.5) is 0 Å². The number of hydrogen-bond donors (Lipinski definition) is 1. The molecule has 0 saturated carbocycles. The molecule has 35 heavy (non-hydrogen) atoms. The number of rotatable bonds is 8. The molecule has 2 saturated heterocycles. The first-order valence-electron chi connectivity index (χ1n) is 10.9. The Labute approximate surface area is 205 Å². The van der Waals surface area contributed by atoms with Crippen LogP contribution in [-0.2, 0) is 42.8 Å². The highest BCUT2D eigenvalue weighted by Crippen LogP contribution is 2.39. The molecule has 5 atom stereocenters. The lowest BCUT2D eigenvalue weighted by atomic mass is 10.1. The van der Waals surface area contributed by atoms with Crippen LogP contribution in [0.25, 0.3) is 0 Å². The molecule has 192 valence electrons. The predicted molar refractivity (Wildman–Crippen MR) is 122 cm³/mol. The highest BCUT2D eigenvalue weighted by molar-refractivity contribution is 7.87. The second kappa shape index (κ2) is 9.52. The fourth-order valence-electron chi connectivity index (χ4n) is 3.85. The first kappa shape index (κ1) is 26.2. The summed E-state index contributed by atoms with van der Waals surface area (Å²) in [6.07, 6.45) is -6.12. The average Bonchev–Trinajstić information content (AvgIpc) is 3.24. The molecule has 0 unspecified atom stereocenters. The van der Waals surface area contributed by atoms with Crippen molar-refractivity contribution >= 4 is 20.2 Å². The molecule has 2 fully saturated rings. The van der Waals surface area contributed by atoms with Crippen LogP contribution in [0, 0.1) is 13.8 Å². The number of aliphatic hydroxyl groups is 1. The van der Waals surface area contributed by atoms with Crippen molar-refractivity contribution in [1.29, 1.82) is 0 Å². The molecule has 0 bridgehead atoms. The summed E-state index contributed by atoms with van der Waals surface area (Å²) < 4.78 is 78.9. The molecule has 0 radical (unpaired) electrons. The Morgan fingerprint density at radius 2 is 1.40 bits per heavy atom. The molecule has 2 heterocycles. The van der Waals surface area contributed by atoms with Gasteiger partial charge in [-0.15, -0.1) is 0 Å². The molecule has 0 aromatic heterocycles. The van der Waals surface area contributed by atoms with Gasteiger partial charge in [0.2, 0.25) is 0 Å². The Hall–Kier alpha value is -1.90. The summed E-state index contributed by atoms with van der Waals surface area (Å²) in [5.41, 5.74) is 1.69. The van der Waals surface area contributed by atoms with Crippen LogP contribution in [-0.4, -0.2) is 65.0 Å². The first-order chi connectivity index (χ1) is 16.3. The third-order valence-electron chi connectivity index (χ3n) is 5.68. The maximum Gasteiger partial charge on any atom is 0.297 e. The van der Waals surface area contributed by atoms with E-state index in [2.05, 4.69) is 0 Å². The third-order valence-corrected chi connectivity index (χ3v) is 8.32. The van der Waals surface area contributed by atoms with Crippen LogP contribution in [0.5, 0.6) is 0 Å². The lowest BCUT2D eigenvalue weighted by Crippen LogP contribution is -2.45. The summed E-state index contributed by atoms with van der Waals surface area (Å²) >= 11 is 0. The third kappa shape index (κ3) is 5.75. The molecule has 2 aliphatic rings. The van der Waals surface area contributed by atoms with Crippen molar-refractivity contribution < 1.29 is 44.5 Å². The zero-order chi connectivity index (χ0) is 25.6. The molecule has 12 heteroatoms. The smallest absolute Gasteiger partial charge is 0.297 e. The second-order valence-corrected chi connectivity index (χ2v) is 12.2. The molecule has 0 spiro atoms. The van der Waals surface area contributed by atoms with Gasteiger partial charge in [0.15, 0.2) is 12.1 Å². The van der Waals surface area contributed by atoms with E-state index >= 15 is 0 Å². The highest BCUT2D eigenvalue weighted by atomic mass is 32.2. The quantitative estimate of drug-likeness (QED) is 0.507. The number of ether oxygens (including phenoxy) is 3. The largest absolute Gasteiger partial charge is 0.387 e. The number of fused-ring (bicyclic) bond motifs is 1. The molecule has 2 aliphatic heterocycles. The van der Waals surface area contributed by atoms with Gasteiger partial charge in [-0.2, -0.15) is 16.8 Å². The molecule has 2 aromatic carbocycles. The van der Waals surface area contributed by atoms with E-state index in [1.165, 1.54) is 24.3 Å². The van der Waals surface area contributed by atoms with Crippen molar-refractivity contribution in [2.45, 2.75) is 74.0 Å². The maximum atomic E-state index is 13.0. The average molecular weight is 529 g/mol. The molecule has 1 N–H and O–H groups in total. The van der Waals surface area contributed by atoms with Gasteiger partial charge in [0, 0.05) is 0 Å². The van der Waals surface area contributed by atoms with E-state index in [1.54, 1.807) is 52.0 Å². The van der Waals surface area contributed by atoms with Gasteiger partial charge in [-0.05, 0) is 52.0 Å². The predicted octanol–water partition coefficient (Wildman–Crippen LogP) is 2.02. The number of aryl methyl sites for hydroxylation is 2. The lowest BCUT2D eigenvalue weighted by molar-refractivity contribution is -0.225. The summed E-state index contributed by atoms with van der Waals surface area (Å²) in [7, 11) is -8.63. The Kier molecular flexibility index (Phi) is 7.12. The van der Waals surface area contributed by atoms with Crippen molar-refractivity contribution in [2.24, 2.45) is 0 Å². The zero-order valence-corrected chi connectivity index (χ0v) is 21.3. The van der Waals surface area contributed by atoms with Gasteiger partial charge < -0.3 is 19.3 Å². The Morgan fingerprint density at radius 3 is 1.91 bits per heavy atom. The SMILES string of the molecule is Cc1ccc(S(=O)(=O)OC[C@@H](OS(=O)(=O)c2ccc(C)cc2)[C@H]2O[C@@H]3OC(C)(C)O[C@@H]3[C@H]2O)cc1. The van der Waals surface area contributed by atoms with Crippen molar-refractivity contribution in [3.05, 3.63) is 59.7 Å². The fourth-order valence-corrected chi connectivity index (χ4v) is 5.84. The normalized spacial score (nSPS) is 27.0. The van der Waals surface area contributed by atoms with Gasteiger partial charge in [0.1, 0.15) is 24.4 Å². The lowest BCUT2D eigenvalue weighted by Gasteiger charge is -2.28. The van der Waals surface area contributed by atoms with E-state index < -0.39 is 63.3 Å².